The average Bonchev–Trinajstić information content (AvgIpc) is 3.26. The number of nitrogen functional groups attached to an aromatic ring is 1. The predicted molar refractivity (Wildman–Crippen MR) is 144 cm³/mol. The van der Waals surface area contributed by atoms with Gasteiger partial charge in [0.2, 0.25) is 0 Å². The van der Waals surface area contributed by atoms with E-state index in [4.69, 9.17) is 10.2 Å². The SMILES string of the molecule is C=C1/C=C\C=C/CN(c2ccc3oc4ccc(-c5cccc(N)c5)cc4c3c2)c2ccccc21. The molecule has 4 aromatic carbocycles. The van der Waals surface area contributed by atoms with Crippen molar-refractivity contribution in [1.82, 2.24) is 0 Å². The number of hydrogen-bond donors (Lipinski definition) is 1. The van der Waals surface area contributed by atoms with E-state index in [0.717, 1.165) is 67.8 Å². The van der Waals surface area contributed by atoms with Crippen molar-refractivity contribution in [3.05, 3.63) is 121 Å². The maximum Gasteiger partial charge on any atom is 0.135 e. The first-order chi connectivity index (χ1) is 16.7. The molecule has 6 rings (SSSR count). The van der Waals surface area contributed by atoms with Crippen molar-refractivity contribution in [2.45, 2.75) is 0 Å². The molecule has 0 saturated heterocycles. The molecule has 0 saturated carbocycles. The number of fused-ring (bicyclic) bond motifs is 4. The summed E-state index contributed by atoms with van der Waals surface area (Å²) in [6.45, 7) is 5.04. The van der Waals surface area contributed by atoms with Crippen LogP contribution < -0.4 is 10.6 Å². The minimum atomic E-state index is 0.754. The Bertz CT molecular complexity index is 1620. The van der Waals surface area contributed by atoms with Gasteiger partial charge in [0, 0.05) is 39.9 Å². The fourth-order valence-electron chi connectivity index (χ4n) is 4.66. The number of anilines is 3. The summed E-state index contributed by atoms with van der Waals surface area (Å²) in [7, 11) is 0. The van der Waals surface area contributed by atoms with Gasteiger partial charge in [-0.15, -0.1) is 0 Å². The lowest BCUT2D eigenvalue weighted by atomic mass is 10.0. The first-order valence-corrected chi connectivity index (χ1v) is 11.4. The normalized spacial score (nSPS) is 15.5. The highest BCUT2D eigenvalue weighted by Crippen LogP contribution is 2.38. The van der Waals surface area contributed by atoms with Gasteiger partial charge in [0.05, 0.1) is 0 Å². The fourth-order valence-corrected chi connectivity index (χ4v) is 4.66. The molecule has 0 unspecified atom stereocenters. The Morgan fingerprint density at radius 3 is 2.44 bits per heavy atom. The van der Waals surface area contributed by atoms with Gasteiger partial charge in [-0.25, -0.2) is 0 Å². The summed E-state index contributed by atoms with van der Waals surface area (Å²) >= 11 is 0. The third-order valence-electron chi connectivity index (χ3n) is 6.36. The highest BCUT2D eigenvalue weighted by molar-refractivity contribution is 6.07. The molecule has 3 nitrogen and oxygen atoms in total. The van der Waals surface area contributed by atoms with Crippen molar-refractivity contribution in [2.75, 3.05) is 17.2 Å². The number of allylic oxidation sites excluding steroid dienone is 4. The van der Waals surface area contributed by atoms with E-state index in [1.54, 1.807) is 0 Å². The molecule has 1 aliphatic rings. The van der Waals surface area contributed by atoms with E-state index in [2.05, 4.69) is 90.4 Å². The molecule has 2 N–H and O–H groups in total. The van der Waals surface area contributed by atoms with E-state index in [1.165, 1.54) is 0 Å². The molecule has 0 bridgehead atoms. The second-order valence-corrected chi connectivity index (χ2v) is 8.56. The third-order valence-corrected chi connectivity index (χ3v) is 6.36. The van der Waals surface area contributed by atoms with Gasteiger partial charge in [-0.05, 0) is 65.2 Å². The lowest BCUT2D eigenvalue weighted by molar-refractivity contribution is 0.669. The van der Waals surface area contributed by atoms with Gasteiger partial charge in [0.1, 0.15) is 11.2 Å². The number of hydrogen-bond acceptors (Lipinski definition) is 3. The molecule has 5 aromatic rings. The van der Waals surface area contributed by atoms with Crippen molar-refractivity contribution in [3.8, 4) is 11.1 Å². The molecular weight excluding hydrogens is 416 g/mol. The summed E-state index contributed by atoms with van der Waals surface area (Å²) in [5.74, 6) is 0. The summed E-state index contributed by atoms with van der Waals surface area (Å²) in [6.07, 6.45) is 8.35. The van der Waals surface area contributed by atoms with Crippen LogP contribution in [0.25, 0.3) is 38.6 Å². The molecule has 1 aliphatic heterocycles. The Morgan fingerprint density at radius 2 is 1.56 bits per heavy atom. The molecule has 0 amide bonds. The molecule has 0 spiro atoms. The molecule has 2 heterocycles. The van der Waals surface area contributed by atoms with Crippen molar-refractivity contribution in [3.63, 3.8) is 0 Å². The summed E-state index contributed by atoms with van der Waals surface area (Å²) in [5, 5.41) is 2.19. The van der Waals surface area contributed by atoms with Crippen LogP contribution in [0.2, 0.25) is 0 Å². The summed E-state index contributed by atoms with van der Waals surface area (Å²) < 4.78 is 6.18. The fraction of sp³-hybridized carbons (Fsp3) is 0.0323. The molecule has 34 heavy (non-hydrogen) atoms. The van der Waals surface area contributed by atoms with Crippen LogP contribution in [0.1, 0.15) is 5.56 Å². The maximum absolute atomic E-state index is 6.18. The van der Waals surface area contributed by atoms with E-state index >= 15 is 0 Å². The average molecular weight is 441 g/mol. The summed E-state index contributed by atoms with van der Waals surface area (Å²) in [6, 6.07) is 29.1. The molecule has 164 valence electrons. The van der Waals surface area contributed by atoms with E-state index in [1.807, 2.05) is 30.3 Å². The predicted octanol–water partition coefficient (Wildman–Crippen LogP) is 8.11. The molecule has 0 aliphatic carbocycles. The van der Waals surface area contributed by atoms with Gasteiger partial charge in [0.15, 0.2) is 0 Å². The van der Waals surface area contributed by atoms with Crippen molar-refractivity contribution in [1.29, 1.82) is 0 Å². The van der Waals surface area contributed by atoms with E-state index in [-0.39, 0.29) is 0 Å². The zero-order chi connectivity index (χ0) is 23.1. The second kappa shape index (κ2) is 8.13. The van der Waals surface area contributed by atoms with Crippen LogP contribution in [-0.4, -0.2) is 6.54 Å². The van der Waals surface area contributed by atoms with Crippen LogP contribution in [0, 0.1) is 0 Å². The standard InChI is InChI=1S/C31H24N2O/c1-21-8-3-2-6-17-33(29-12-5-4-11-26(21)29)25-14-16-31-28(20-25)27-19-23(13-15-30(27)34-31)22-9-7-10-24(32)18-22/h2-16,18-20H,1,17,32H2/b6-2-,8-3-. The van der Waals surface area contributed by atoms with E-state index in [9.17, 15) is 0 Å². The van der Waals surface area contributed by atoms with Crippen molar-refractivity contribution in [2.24, 2.45) is 0 Å². The lowest BCUT2D eigenvalue weighted by Crippen LogP contribution is -2.18. The number of rotatable bonds is 2. The third kappa shape index (κ3) is 3.48. The summed E-state index contributed by atoms with van der Waals surface area (Å²) in [4.78, 5) is 2.32. The first-order valence-electron chi connectivity index (χ1n) is 11.4. The monoisotopic (exact) mass is 440 g/mol. The number of furan rings is 1. The number of benzene rings is 4. The smallest absolute Gasteiger partial charge is 0.135 e. The molecule has 0 atom stereocenters. The highest BCUT2D eigenvalue weighted by atomic mass is 16.3. The number of para-hydroxylation sites is 1. The quantitative estimate of drug-likeness (QED) is 0.282. The van der Waals surface area contributed by atoms with Gasteiger partial charge < -0.3 is 15.1 Å². The zero-order valence-corrected chi connectivity index (χ0v) is 18.7. The van der Waals surface area contributed by atoms with Gasteiger partial charge in [0.25, 0.3) is 0 Å². The second-order valence-electron chi connectivity index (χ2n) is 8.56. The van der Waals surface area contributed by atoms with Gasteiger partial charge >= 0.3 is 0 Å². The van der Waals surface area contributed by atoms with Crippen molar-refractivity contribution >= 4 is 44.6 Å². The van der Waals surface area contributed by atoms with Crippen LogP contribution in [0.3, 0.4) is 0 Å². The summed E-state index contributed by atoms with van der Waals surface area (Å²) in [5.41, 5.74) is 15.1. The van der Waals surface area contributed by atoms with Crippen molar-refractivity contribution < 1.29 is 4.42 Å². The Kier molecular flexibility index (Phi) is 4.81. The molecule has 0 radical (unpaired) electrons. The number of nitrogens with two attached hydrogens (primary N) is 1. The van der Waals surface area contributed by atoms with Gasteiger partial charge in [-0.3, -0.25) is 0 Å². The molecule has 1 aromatic heterocycles. The highest BCUT2D eigenvalue weighted by Gasteiger charge is 2.16. The maximum atomic E-state index is 6.18. The van der Waals surface area contributed by atoms with E-state index < -0.39 is 0 Å². The van der Waals surface area contributed by atoms with Crippen LogP contribution in [0.4, 0.5) is 17.1 Å². The van der Waals surface area contributed by atoms with Crippen LogP contribution in [0.15, 0.2) is 120 Å². The van der Waals surface area contributed by atoms with Crippen LogP contribution >= 0.6 is 0 Å². The van der Waals surface area contributed by atoms with Crippen LogP contribution in [-0.2, 0) is 0 Å². The minimum Gasteiger partial charge on any atom is -0.456 e. The molecule has 3 heteroatoms. The van der Waals surface area contributed by atoms with E-state index in [0.29, 0.717) is 0 Å². The van der Waals surface area contributed by atoms with Gasteiger partial charge in [-0.1, -0.05) is 67.3 Å². The Morgan fingerprint density at radius 1 is 0.765 bits per heavy atom. The van der Waals surface area contributed by atoms with Gasteiger partial charge in [-0.2, -0.15) is 0 Å². The number of nitrogens with zero attached hydrogens (tertiary/aromatic N) is 1. The first kappa shape index (κ1) is 20.1. The zero-order valence-electron chi connectivity index (χ0n) is 18.7. The Balaban J connectivity index is 1.52. The lowest BCUT2D eigenvalue weighted by Gasteiger charge is -2.26. The Hall–Kier alpha value is -4.50. The molecule has 0 fully saturated rings. The Labute approximate surface area is 198 Å². The molecular formula is C31H24N2O. The minimum absolute atomic E-state index is 0.754. The largest absolute Gasteiger partial charge is 0.456 e. The topological polar surface area (TPSA) is 42.4 Å². The van der Waals surface area contributed by atoms with Crippen LogP contribution in [0.5, 0.6) is 0 Å².